The third-order valence-electron chi connectivity index (χ3n) is 0.996. The Morgan fingerprint density at radius 1 is 1.70 bits per heavy atom. The first kappa shape index (κ1) is 9.17. The molecule has 0 aromatic heterocycles. The van der Waals surface area contributed by atoms with Crippen LogP contribution in [0, 0.1) is 0 Å². The zero-order chi connectivity index (χ0) is 7.98. The van der Waals surface area contributed by atoms with E-state index in [0.717, 1.165) is 5.57 Å². The molecule has 3 nitrogen and oxygen atoms in total. The van der Waals surface area contributed by atoms with Crippen molar-refractivity contribution in [3.05, 3.63) is 11.6 Å². The van der Waals surface area contributed by atoms with Crippen molar-refractivity contribution in [1.29, 1.82) is 0 Å². The van der Waals surface area contributed by atoms with Crippen molar-refractivity contribution in [3.63, 3.8) is 0 Å². The Kier molecular flexibility index (Phi) is 4.58. The number of methoxy groups -OCH3 is 1. The molecule has 0 atom stereocenters. The van der Waals surface area contributed by atoms with Crippen molar-refractivity contribution >= 4 is 5.91 Å². The van der Waals surface area contributed by atoms with E-state index in [9.17, 15) is 4.79 Å². The summed E-state index contributed by atoms with van der Waals surface area (Å²) in [5.41, 5.74) is 0.918. The maximum Gasteiger partial charge on any atom is 0.243 e. The summed E-state index contributed by atoms with van der Waals surface area (Å²) in [6.45, 7) is 2.35. The van der Waals surface area contributed by atoms with Crippen molar-refractivity contribution in [2.45, 2.75) is 6.92 Å². The van der Waals surface area contributed by atoms with Crippen LogP contribution in [0.3, 0.4) is 0 Å². The highest BCUT2D eigenvalue weighted by Crippen LogP contribution is 1.90. The number of likely N-dealkylation sites (N-methyl/N-ethyl adjacent to an activating group) is 1. The van der Waals surface area contributed by atoms with Gasteiger partial charge in [-0.2, -0.15) is 0 Å². The van der Waals surface area contributed by atoms with Crippen LogP contribution in [0.2, 0.25) is 0 Å². The standard InChI is InChI=1S/C7H13NO2/c1-6(5-10-3)4-7(9)8-2/h4H,5H2,1-3H3,(H,8,9). The fraction of sp³-hybridized carbons (Fsp3) is 0.571. The fourth-order valence-electron chi connectivity index (χ4n) is 0.565. The van der Waals surface area contributed by atoms with Crippen LogP contribution in [0.1, 0.15) is 6.92 Å². The zero-order valence-corrected chi connectivity index (χ0v) is 6.60. The summed E-state index contributed by atoms with van der Waals surface area (Å²) in [4.78, 5) is 10.7. The van der Waals surface area contributed by atoms with Gasteiger partial charge in [-0.3, -0.25) is 4.79 Å². The summed E-state index contributed by atoms with van der Waals surface area (Å²) < 4.78 is 4.80. The van der Waals surface area contributed by atoms with E-state index in [1.165, 1.54) is 6.08 Å². The maximum atomic E-state index is 10.7. The minimum atomic E-state index is -0.0884. The second-order valence-electron chi connectivity index (χ2n) is 2.04. The SMILES string of the molecule is CNC(=O)C=C(C)COC. The van der Waals surface area contributed by atoms with E-state index in [-0.39, 0.29) is 5.91 Å². The van der Waals surface area contributed by atoms with E-state index in [2.05, 4.69) is 5.32 Å². The molecule has 1 N–H and O–H groups in total. The molecule has 0 aliphatic rings. The van der Waals surface area contributed by atoms with Gasteiger partial charge in [0.2, 0.25) is 5.91 Å². The number of amides is 1. The summed E-state index contributed by atoms with van der Waals surface area (Å²) in [7, 11) is 3.19. The molecule has 58 valence electrons. The molecule has 3 heteroatoms. The molecule has 0 radical (unpaired) electrons. The second kappa shape index (κ2) is 4.99. The average Bonchev–Trinajstić information content (AvgIpc) is 1.88. The molecule has 1 amide bonds. The Morgan fingerprint density at radius 3 is 2.70 bits per heavy atom. The Labute approximate surface area is 61.1 Å². The van der Waals surface area contributed by atoms with E-state index in [1.54, 1.807) is 14.2 Å². The molecule has 0 aromatic carbocycles. The van der Waals surface area contributed by atoms with Crippen LogP contribution >= 0.6 is 0 Å². The molecule has 0 saturated heterocycles. The molecule has 0 bridgehead atoms. The quantitative estimate of drug-likeness (QED) is 0.578. The second-order valence-corrected chi connectivity index (χ2v) is 2.04. The van der Waals surface area contributed by atoms with Gasteiger partial charge in [-0.15, -0.1) is 0 Å². The number of nitrogens with one attached hydrogen (secondary N) is 1. The first-order valence-corrected chi connectivity index (χ1v) is 3.08. The van der Waals surface area contributed by atoms with Crippen molar-refractivity contribution in [3.8, 4) is 0 Å². The number of ether oxygens (including phenoxy) is 1. The lowest BCUT2D eigenvalue weighted by Crippen LogP contribution is -2.15. The first-order valence-electron chi connectivity index (χ1n) is 3.08. The zero-order valence-electron chi connectivity index (χ0n) is 6.60. The van der Waals surface area contributed by atoms with Crippen LogP contribution in [0.15, 0.2) is 11.6 Å². The van der Waals surface area contributed by atoms with Gasteiger partial charge in [0.05, 0.1) is 6.61 Å². The minimum absolute atomic E-state index is 0.0884. The number of hydrogen-bond acceptors (Lipinski definition) is 2. The Balaban J connectivity index is 3.77. The molecule has 0 aliphatic heterocycles. The van der Waals surface area contributed by atoms with Crippen molar-refractivity contribution in [2.24, 2.45) is 0 Å². The number of carbonyl (C=O) groups excluding carboxylic acids is 1. The van der Waals surface area contributed by atoms with Gasteiger partial charge in [-0.05, 0) is 12.5 Å². The summed E-state index contributed by atoms with van der Waals surface area (Å²) >= 11 is 0. The molecule has 0 aromatic rings. The lowest BCUT2D eigenvalue weighted by molar-refractivity contribution is -0.116. The highest BCUT2D eigenvalue weighted by molar-refractivity contribution is 5.87. The van der Waals surface area contributed by atoms with Gasteiger partial charge in [0.15, 0.2) is 0 Å². The highest BCUT2D eigenvalue weighted by Gasteiger charge is 1.92. The molecule has 10 heavy (non-hydrogen) atoms. The minimum Gasteiger partial charge on any atom is -0.380 e. The van der Waals surface area contributed by atoms with Crippen LogP contribution in [0.5, 0.6) is 0 Å². The lowest BCUT2D eigenvalue weighted by atomic mass is 10.3. The van der Waals surface area contributed by atoms with Crippen molar-refractivity contribution in [1.82, 2.24) is 5.32 Å². The lowest BCUT2D eigenvalue weighted by Gasteiger charge is -1.97. The average molecular weight is 143 g/mol. The van der Waals surface area contributed by atoms with Crippen LogP contribution in [0.4, 0.5) is 0 Å². The van der Waals surface area contributed by atoms with E-state index in [1.807, 2.05) is 6.92 Å². The number of rotatable bonds is 3. The maximum absolute atomic E-state index is 10.7. The topological polar surface area (TPSA) is 38.3 Å². The van der Waals surface area contributed by atoms with Gasteiger partial charge in [0, 0.05) is 20.2 Å². The summed E-state index contributed by atoms with van der Waals surface area (Å²) in [6.07, 6.45) is 1.52. The van der Waals surface area contributed by atoms with Gasteiger partial charge in [-0.25, -0.2) is 0 Å². The van der Waals surface area contributed by atoms with Gasteiger partial charge >= 0.3 is 0 Å². The molecule has 0 fully saturated rings. The first-order chi connectivity index (χ1) is 4.70. The fourth-order valence-corrected chi connectivity index (χ4v) is 0.565. The summed E-state index contributed by atoms with van der Waals surface area (Å²) in [5, 5.41) is 2.48. The highest BCUT2D eigenvalue weighted by atomic mass is 16.5. The largest absolute Gasteiger partial charge is 0.380 e. The Bertz CT molecular complexity index is 141. The molecule has 0 rings (SSSR count). The van der Waals surface area contributed by atoms with Gasteiger partial charge in [-0.1, -0.05) is 0 Å². The van der Waals surface area contributed by atoms with E-state index in [4.69, 9.17) is 4.74 Å². The van der Waals surface area contributed by atoms with Crippen molar-refractivity contribution in [2.75, 3.05) is 20.8 Å². The monoisotopic (exact) mass is 143 g/mol. The Hall–Kier alpha value is -0.830. The van der Waals surface area contributed by atoms with E-state index >= 15 is 0 Å². The third-order valence-corrected chi connectivity index (χ3v) is 0.996. The van der Waals surface area contributed by atoms with E-state index in [0.29, 0.717) is 6.61 Å². The number of carbonyl (C=O) groups is 1. The van der Waals surface area contributed by atoms with Gasteiger partial charge < -0.3 is 10.1 Å². The Morgan fingerprint density at radius 2 is 2.30 bits per heavy atom. The van der Waals surface area contributed by atoms with Crippen LogP contribution in [-0.4, -0.2) is 26.7 Å². The third kappa shape index (κ3) is 4.09. The smallest absolute Gasteiger partial charge is 0.243 e. The normalized spacial score (nSPS) is 11.3. The predicted molar refractivity (Wildman–Crippen MR) is 39.7 cm³/mol. The molecular formula is C7H13NO2. The van der Waals surface area contributed by atoms with Gasteiger partial charge in [0.25, 0.3) is 0 Å². The van der Waals surface area contributed by atoms with Crippen molar-refractivity contribution < 1.29 is 9.53 Å². The molecular weight excluding hydrogens is 130 g/mol. The van der Waals surface area contributed by atoms with Crippen LogP contribution in [0.25, 0.3) is 0 Å². The van der Waals surface area contributed by atoms with Gasteiger partial charge in [0.1, 0.15) is 0 Å². The molecule has 0 unspecified atom stereocenters. The summed E-state index contributed by atoms with van der Waals surface area (Å²) in [5.74, 6) is -0.0884. The van der Waals surface area contributed by atoms with Crippen LogP contribution < -0.4 is 5.32 Å². The molecule has 0 saturated carbocycles. The van der Waals surface area contributed by atoms with Crippen LogP contribution in [-0.2, 0) is 9.53 Å². The number of hydrogen-bond donors (Lipinski definition) is 1. The molecule has 0 heterocycles. The molecule has 0 aliphatic carbocycles. The van der Waals surface area contributed by atoms with E-state index < -0.39 is 0 Å². The molecule has 0 spiro atoms. The predicted octanol–water partition coefficient (Wildman–Crippen LogP) is 0.325. The summed E-state index contributed by atoms with van der Waals surface area (Å²) in [6, 6.07) is 0.